The van der Waals surface area contributed by atoms with E-state index < -0.39 is 11.2 Å². The minimum Gasteiger partial charge on any atom is -0.497 e. The van der Waals surface area contributed by atoms with Gasteiger partial charge in [-0.3, -0.25) is 4.79 Å². The van der Waals surface area contributed by atoms with Gasteiger partial charge in [-0.1, -0.05) is 0 Å². The third kappa shape index (κ3) is 5.56. The molecular formula is C18H19ClO7. The maximum Gasteiger partial charge on any atom is 0.339 e. The summed E-state index contributed by atoms with van der Waals surface area (Å²) in [5.74, 6) is 0.895. The van der Waals surface area contributed by atoms with Gasteiger partial charge in [0.15, 0.2) is 0 Å². The Labute approximate surface area is 156 Å². The second kappa shape index (κ2) is 10.1. The highest BCUT2D eigenvalue weighted by Crippen LogP contribution is 2.25. The Morgan fingerprint density at radius 1 is 0.769 bits per heavy atom. The number of carbonyl (C=O) groups excluding carboxylic acids is 1. The summed E-state index contributed by atoms with van der Waals surface area (Å²) in [5, 5.41) is 8.20. The standard InChI is InChI=1S/C9H9ClO3.C9H10O4/c2*1-12-6-3-4-7(9(10)11)8(5-6)13-2/h3-5H,1-2H3;3-5H,1-2H3,(H,10,11). The predicted octanol–water partition coefficient (Wildman–Crippen LogP) is 3.48. The Balaban J connectivity index is 0.000000260. The van der Waals surface area contributed by atoms with Crippen molar-refractivity contribution in [1.82, 2.24) is 0 Å². The van der Waals surface area contributed by atoms with Crippen molar-refractivity contribution >= 4 is 22.8 Å². The lowest BCUT2D eigenvalue weighted by atomic mass is 10.2. The first kappa shape index (κ1) is 21.1. The Bertz CT molecular complexity index is 709. The Hall–Kier alpha value is -2.93. The molecule has 0 spiro atoms. The van der Waals surface area contributed by atoms with Gasteiger partial charge >= 0.3 is 5.97 Å². The first-order chi connectivity index (χ1) is 12.4. The number of carboxylic acids is 1. The third-order valence-corrected chi connectivity index (χ3v) is 3.46. The summed E-state index contributed by atoms with van der Waals surface area (Å²) in [6, 6.07) is 9.37. The minimum atomic E-state index is -1.01. The molecule has 2 aromatic rings. The average molecular weight is 383 g/mol. The summed E-state index contributed by atoms with van der Waals surface area (Å²) in [6.07, 6.45) is 0. The molecule has 0 saturated carbocycles. The van der Waals surface area contributed by atoms with Crippen LogP contribution in [0.4, 0.5) is 0 Å². The molecule has 0 aliphatic rings. The molecule has 0 heterocycles. The van der Waals surface area contributed by atoms with Crippen LogP contribution in [0, 0.1) is 0 Å². The molecule has 0 saturated heterocycles. The molecule has 1 N–H and O–H groups in total. The van der Waals surface area contributed by atoms with Crippen LogP contribution in [-0.2, 0) is 0 Å². The number of ether oxygens (including phenoxy) is 4. The second-order valence-corrected chi connectivity index (χ2v) is 5.05. The van der Waals surface area contributed by atoms with Gasteiger partial charge in [-0.25, -0.2) is 4.79 Å². The van der Waals surface area contributed by atoms with Crippen LogP contribution in [0.3, 0.4) is 0 Å². The van der Waals surface area contributed by atoms with Gasteiger partial charge < -0.3 is 24.1 Å². The molecule has 2 aromatic carbocycles. The monoisotopic (exact) mass is 382 g/mol. The zero-order valence-electron chi connectivity index (χ0n) is 14.7. The zero-order chi connectivity index (χ0) is 19.7. The average Bonchev–Trinajstić information content (AvgIpc) is 2.66. The Kier molecular flexibility index (Phi) is 8.24. The molecule has 140 valence electrons. The van der Waals surface area contributed by atoms with Crippen molar-refractivity contribution in [2.45, 2.75) is 0 Å². The number of benzene rings is 2. The number of methoxy groups -OCH3 is 4. The molecule has 0 aliphatic heterocycles. The lowest BCUT2D eigenvalue weighted by Gasteiger charge is -2.06. The normalized spacial score (nSPS) is 9.42. The highest BCUT2D eigenvalue weighted by Gasteiger charge is 2.11. The van der Waals surface area contributed by atoms with E-state index in [0.717, 1.165) is 0 Å². The predicted molar refractivity (Wildman–Crippen MR) is 96.2 cm³/mol. The van der Waals surface area contributed by atoms with Crippen LogP contribution in [0.25, 0.3) is 0 Å². The molecule has 2 rings (SSSR count). The largest absolute Gasteiger partial charge is 0.497 e. The molecule has 0 amide bonds. The lowest BCUT2D eigenvalue weighted by Crippen LogP contribution is -2.00. The van der Waals surface area contributed by atoms with E-state index >= 15 is 0 Å². The van der Waals surface area contributed by atoms with Gasteiger partial charge in [0.2, 0.25) is 0 Å². The lowest BCUT2D eigenvalue weighted by molar-refractivity contribution is 0.0693. The maximum atomic E-state index is 10.9. The highest BCUT2D eigenvalue weighted by molar-refractivity contribution is 6.68. The van der Waals surface area contributed by atoms with Crippen LogP contribution in [0.2, 0.25) is 0 Å². The molecular weight excluding hydrogens is 364 g/mol. The summed E-state index contributed by atoms with van der Waals surface area (Å²) in [6.45, 7) is 0. The zero-order valence-corrected chi connectivity index (χ0v) is 15.5. The van der Waals surface area contributed by atoms with Gasteiger partial charge in [-0.05, 0) is 35.9 Å². The molecule has 26 heavy (non-hydrogen) atoms. The first-order valence-electron chi connectivity index (χ1n) is 7.25. The number of hydrogen-bond acceptors (Lipinski definition) is 6. The van der Waals surface area contributed by atoms with E-state index in [0.29, 0.717) is 28.6 Å². The number of carboxylic acid groups (broad SMARTS) is 1. The quantitative estimate of drug-likeness (QED) is 0.764. The van der Waals surface area contributed by atoms with Crippen molar-refractivity contribution in [3.63, 3.8) is 0 Å². The Morgan fingerprint density at radius 3 is 1.54 bits per heavy atom. The topological polar surface area (TPSA) is 91.3 Å². The minimum absolute atomic E-state index is 0.128. The molecule has 0 aromatic heterocycles. The van der Waals surface area contributed by atoms with Gasteiger partial charge in [0.1, 0.15) is 28.6 Å². The third-order valence-electron chi connectivity index (χ3n) is 3.26. The smallest absolute Gasteiger partial charge is 0.339 e. The molecule has 8 heteroatoms. The highest BCUT2D eigenvalue weighted by atomic mass is 35.5. The number of rotatable bonds is 6. The molecule has 0 aliphatic carbocycles. The molecule has 0 radical (unpaired) electrons. The molecule has 0 bridgehead atoms. The van der Waals surface area contributed by atoms with Gasteiger partial charge in [0, 0.05) is 12.1 Å². The van der Waals surface area contributed by atoms with Crippen molar-refractivity contribution in [2.75, 3.05) is 28.4 Å². The van der Waals surface area contributed by atoms with Crippen LogP contribution >= 0.6 is 11.6 Å². The fourth-order valence-corrected chi connectivity index (χ4v) is 2.09. The van der Waals surface area contributed by atoms with E-state index in [2.05, 4.69) is 0 Å². The fraction of sp³-hybridized carbons (Fsp3) is 0.222. The fourth-order valence-electron chi connectivity index (χ4n) is 1.94. The summed E-state index contributed by atoms with van der Waals surface area (Å²) in [5.41, 5.74) is 0.466. The number of halogens is 1. The number of hydrogen-bond donors (Lipinski definition) is 1. The molecule has 0 atom stereocenters. The van der Waals surface area contributed by atoms with Crippen LogP contribution in [0.5, 0.6) is 23.0 Å². The summed E-state index contributed by atoms with van der Waals surface area (Å²) in [7, 11) is 5.94. The first-order valence-corrected chi connectivity index (χ1v) is 7.62. The SMILES string of the molecule is COc1ccc(C(=O)Cl)c(OC)c1.COc1ccc(C(=O)O)c(OC)c1. The van der Waals surface area contributed by atoms with Crippen molar-refractivity contribution < 1.29 is 33.6 Å². The van der Waals surface area contributed by atoms with Crippen LogP contribution < -0.4 is 18.9 Å². The van der Waals surface area contributed by atoms with Crippen molar-refractivity contribution in [1.29, 1.82) is 0 Å². The molecule has 0 unspecified atom stereocenters. The van der Waals surface area contributed by atoms with E-state index in [1.807, 2.05) is 0 Å². The van der Waals surface area contributed by atoms with Crippen LogP contribution in [0.1, 0.15) is 20.7 Å². The van der Waals surface area contributed by atoms with Crippen molar-refractivity contribution in [3.8, 4) is 23.0 Å². The van der Waals surface area contributed by atoms with E-state index in [4.69, 9.17) is 35.7 Å². The van der Waals surface area contributed by atoms with Crippen molar-refractivity contribution in [3.05, 3.63) is 47.5 Å². The number of aromatic carboxylic acids is 1. The van der Waals surface area contributed by atoms with Crippen molar-refractivity contribution in [2.24, 2.45) is 0 Å². The number of carbonyl (C=O) groups is 2. The van der Waals surface area contributed by atoms with Gasteiger partial charge in [-0.2, -0.15) is 0 Å². The van der Waals surface area contributed by atoms with E-state index in [-0.39, 0.29) is 5.56 Å². The Morgan fingerprint density at radius 2 is 1.19 bits per heavy atom. The van der Waals surface area contributed by atoms with Gasteiger partial charge in [0.25, 0.3) is 5.24 Å². The van der Waals surface area contributed by atoms with Crippen LogP contribution in [0.15, 0.2) is 36.4 Å². The van der Waals surface area contributed by atoms with E-state index in [9.17, 15) is 9.59 Å². The van der Waals surface area contributed by atoms with Gasteiger partial charge in [0.05, 0.1) is 34.0 Å². The summed E-state index contributed by atoms with van der Waals surface area (Å²) >= 11 is 5.32. The van der Waals surface area contributed by atoms with Crippen LogP contribution in [-0.4, -0.2) is 44.8 Å². The summed E-state index contributed by atoms with van der Waals surface area (Å²) < 4.78 is 19.7. The van der Waals surface area contributed by atoms with E-state index in [1.165, 1.54) is 40.6 Å². The second-order valence-electron chi connectivity index (χ2n) is 4.71. The summed E-state index contributed by atoms with van der Waals surface area (Å²) in [4.78, 5) is 21.5. The molecule has 0 fully saturated rings. The van der Waals surface area contributed by atoms with E-state index in [1.54, 1.807) is 24.3 Å². The molecule has 7 nitrogen and oxygen atoms in total. The van der Waals surface area contributed by atoms with Gasteiger partial charge in [-0.15, -0.1) is 0 Å². The maximum absolute atomic E-state index is 10.9.